The van der Waals surface area contributed by atoms with Gasteiger partial charge in [0.25, 0.3) is 0 Å². The molecule has 0 saturated carbocycles. The molecule has 0 spiro atoms. The average Bonchev–Trinajstić information content (AvgIpc) is 2.76. The molecule has 19 heavy (non-hydrogen) atoms. The van der Waals surface area contributed by atoms with Gasteiger partial charge in [-0.1, -0.05) is 25.1 Å². The molecular formula is C15H20N2S2. The summed E-state index contributed by atoms with van der Waals surface area (Å²) in [5.41, 5.74) is 2.51. The van der Waals surface area contributed by atoms with Crippen LogP contribution in [0.3, 0.4) is 0 Å². The normalized spacial score (nSPS) is 10.9. The van der Waals surface area contributed by atoms with Crippen LogP contribution in [0.5, 0.6) is 0 Å². The van der Waals surface area contributed by atoms with E-state index in [9.17, 15) is 0 Å². The van der Waals surface area contributed by atoms with Crippen LogP contribution < -0.4 is 5.32 Å². The highest BCUT2D eigenvalue weighted by Crippen LogP contribution is 2.28. The minimum Gasteiger partial charge on any atom is -0.312 e. The zero-order valence-corrected chi connectivity index (χ0v) is 13.3. The number of hydrogen-bond donors (Lipinski definition) is 1. The highest BCUT2D eigenvalue weighted by molar-refractivity contribution is 7.98. The lowest BCUT2D eigenvalue weighted by Gasteiger charge is -2.02. The Morgan fingerprint density at radius 2 is 2.05 bits per heavy atom. The number of rotatable bonds is 6. The van der Waals surface area contributed by atoms with Crippen LogP contribution >= 0.6 is 23.1 Å². The summed E-state index contributed by atoms with van der Waals surface area (Å²) < 4.78 is 0. The molecule has 0 fully saturated rings. The molecule has 1 heterocycles. The third-order valence-electron chi connectivity index (χ3n) is 2.92. The third-order valence-corrected chi connectivity index (χ3v) is 5.44. The predicted octanol–water partition coefficient (Wildman–Crippen LogP) is 4.16. The van der Waals surface area contributed by atoms with E-state index in [1.807, 2.05) is 23.1 Å². The SMILES string of the molecule is CCNCc1sc(CSc2ccccc2C)nc1C. The lowest BCUT2D eigenvalue weighted by molar-refractivity contribution is 0.731. The van der Waals surface area contributed by atoms with E-state index in [1.54, 1.807) is 0 Å². The van der Waals surface area contributed by atoms with Crippen molar-refractivity contribution in [3.05, 3.63) is 45.4 Å². The van der Waals surface area contributed by atoms with Crippen molar-refractivity contribution in [1.29, 1.82) is 0 Å². The fraction of sp³-hybridized carbons (Fsp3) is 0.400. The van der Waals surface area contributed by atoms with Gasteiger partial charge >= 0.3 is 0 Å². The number of hydrogen-bond acceptors (Lipinski definition) is 4. The maximum atomic E-state index is 4.67. The Balaban J connectivity index is 1.98. The van der Waals surface area contributed by atoms with E-state index in [0.717, 1.165) is 18.8 Å². The molecular weight excluding hydrogens is 272 g/mol. The number of nitrogens with one attached hydrogen (secondary N) is 1. The maximum Gasteiger partial charge on any atom is 0.103 e. The fourth-order valence-electron chi connectivity index (χ4n) is 1.81. The van der Waals surface area contributed by atoms with E-state index >= 15 is 0 Å². The highest BCUT2D eigenvalue weighted by atomic mass is 32.2. The van der Waals surface area contributed by atoms with Crippen molar-refractivity contribution in [2.45, 2.75) is 38.0 Å². The molecule has 0 aliphatic rings. The van der Waals surface area contributed by atoms with Crippen molar-refractivity contribution < 1.29 is 0 Å². The second kappa shape index (κ2) is 7.08. The monoisotopic (exact) mass is 292 g/mol. The zero-order chi connectivity index (χ0) is 13.7. The van der Waals surface area contributed by atoms with Crippen molar-refractivity contribution in [2.24, 2.45) is 0 Å². The largest absolute Gasteiger partial charge is 0.312 e. The van der Waals surface area contributed by atoms with Crippen molar-refractivity contribution in [2.75, 3.05) is 6.54 Å². The van der Waals surface area contributed by atoms with Gasteiger partial charge in [0.05, 0.1) is 11.4 Å². The first-order valence-corrected chi connectivity index (χ1v) is 8.35. The Kier molecular flexibility index (Phi) is 5.43. The Morgan fingerprint density at radius 3 is 2.79 bits per heavy atom. The minimum atomic E-state index is 0.940. The first-order chi connectivity index (χ1) is 9.20. The quantitative estimate of drug-likeness (QED) is 0.809. The number of nitrogens with zero attached hydrogens (tertiary/aromatic N) is 1. The summed E-state index contributed by atoms with van der Waals surface area (Å²) in [5, 5.41) is 4.59. The molecule has 0 aliphatic heterocycles. The molecule has 0 unspecified atom stereocenters. The molecule has 1 aromatic carbocycles. The third kappa shape index (κ3) is 4.06. The van der Waals surface area contributed by atoms with Crippen LogP contribution in [0.15, 0.2) is 29.2 Å². The summed E-state index contributed by atoms with van der Waals surface area (Å²) in [6.07, 6.45) is 0. The van der Waals surface area contributed by atoms with Crippen LogP contribution in [-0.2, 0) is 12.3 Å². The van der Waals surface area contributed by atoms with E-state index in [1.165, 1.54) is 26.0 Å². The van der Waals surface area contributed by atoms with Gasteiger partial charge in [0.1, 0.15) is 5.01 Å². The summed E-state index contributed by atoms with van der Waals surface area (Å²) in [6, 6.07) is 8.52. The van der Waals surface area contributed by atoms with Crippen molar-refractivity contribution in [3.63, 3.8) is 0 Å². The average molecular weight is 292 g/mol. The molecule has 2 rings (SSSR count). The van der Waals surface area contributed by atoms with Crippen molar-refractivity contribution >= 4 is 23.1 Å². The van der Waals surface area contributed by atoms with Gasteiger partial charge in [0, 0.05) is 16.3 Å². The second-order valence-electron chi connectivity index (χ2n) is 4.45. The first-order valence-electron chi connectivity index (χ1n) is 6.55. The van der Waals surface area contributed by atoms with Crippen LogP contribution in [0, 0.1) is 13.8 Å². The standard InChI is InChI=1S/C15H20N2S2/c1-4-16-9-14-12(3)17-15(19-14)10-18-13-8-6-5-7-11(13)2/h5-8,16H,4,9-10H2,1-3H3. The Morgan fingerprint density at radius 1 is 1.26 bits per heavy atom. The molecule has 102 valence electrons. The van der Waals surface area contributed by atoms with Crippen LogP contribution in [0.25, 0.3) is 0 Å². The number of thiazole rings is 1. The fourth-order valence-corrected chi connectivity index (χ4v) is 3.87. The molecule has 0 atom stereocenters. The van der Waals surface area contributed by atoms with E-state index in [2.05, 4.69) is 55.3 Å². The predicted molar refractivity (Wildman–Crippen MR) is 85.0 cm³/mol. The van der Waals surface area contributed by atoms with Crippen LogP contribution in [-0.4, -0.2) is 11.5 Å². The van der Waals surface area contributed by atoms with E-state index in [-0.39, 0.29) is 0 Å². The van der Waals surface area contributed by atoms with Crippen LogP contribution in [0.2, 0.25) is 0 Å². The minimum absolute atomic E-state index is 0.940. The van der Waals surface area contributed by atoms with Crippen molar-refractivity contribution in [3.8, 4) is 0 Å². The lowest BCUT2D eigenvalue weighted by atomic mass is 10.2. The Hall–Kier alpha value is -0.840. The van der Waals surface area contributed by atoms with Crippen LogP contribution in [0.4, 0.5) is 0 Å². The summed E-state index contributed by atoms with van der Waals surface area (Å²) in [6.45, 7) is 8.34. The molecule has 0 radical (unpaired) electrons. The maximum absolute atomic E-state index is 4.67. The van der Waals surface area contributed by atoms with Gasteiger partial charge in [-0.2, -0.15) is 0 Å². The van der Waals surface area contributed by atoms with Crippen molar-refractivity contribution in [1.82, 2.24) is 10.3 Å². The molecule has 0 amide bonds. The number of aromatic nitrogens is 1. The first kappa shape index (κ1) is 14.6. The molecule has 4 heteroatoms. The van der Waals surface area contributed by atoms with E-state index < -0.39 is 0 Å². The van der Waals surface area contributed by atoms with Gasteiger partial charge in [0.2, 0.25) is 0 Å². The van der Waals surface area contributed by atoms with Crippen LogP contribution in [0.1, 0.15) is 28.1 Å². The smallest absolute Gasteiger partial charge is 0.103 e. The van der Waals surface area contributed by atoms with E-state index in [0.29, 0.717) is 0 Å². The summed E-state index contributed by atoms with van der Waals surface area (Å²) in [5.74, 6) is 0.961. The summed E-state index contributed by atoms with van der Waals surface area (Å²) >= 11 is 3.70. The molecule has 0 bridgehead atoms. The topological polar surface area (TPSA) is 24.9 Å². The van der Waals surface area contributed by atoms with E-state index in [4.69, 9.17) is 0 Å². The molecule has 2 nitrogen and oxygen atoms in total. The van der Waals surface area contributed by atoms with Gasteiger partial charge in [0.15, 0.2) is 0 Å². The Bertz CT molecular complexity index is 535. The summed E-state index contributed by atoms with van der Waals surface area (Å²) in [7, 11) is 0. The molecule has 1 N–H and O–H groups in total. The van der Waals surface area contributed by atoms with Gasteiger partial charge in [-0.25, -0.2) is 4.98 Å². The molecule has 2 aromatic rings. The number of aryl methyl sites for hydroxylation is 2. The Labute approximate surface area is 123 Å². The molecule has 1 aromatic heterocycles. The number of thioether (sulfide) groups is 1. The van der Waals surface area contributed by atoms with Gasteiger partial charge < -0.3 is 5.32 Å². The zero-order valence-electron chi connectivity index (χ0n) is 11.7. The van der Waals surface area contributed by atoms with Gasteiger partial charge in [-0.15, -0.1) is 23.1 Å². The van der Waals surface area contributed by atoms with Gasteiger partial charge in [-0.05, 0) is 32.0 Å². The van der Waals surface area contributed by atoms with Gasteiger partial charge in [-0.3, -0.25) is 0 Å². The molecule has 0 saturated heterocycles. The molecule has 0 aliphatic carbocycles. The second-order valence-corrected chi connectivity index (χ2v) is 6.64. The lowest BCUT2D eigenvalue weighted by Crippen LogP contribution is -2.11. The summed E-state index contributed by atoms with van der Waals surface area (Å²) in [4.78, 5) is 7.38. The number of benzene rings is 1. The highest BCUT2D eigenvalue weighted by Gasteiger charge is 2.08.